The molecule has 48 heavy (non-hydrogen) atoms. The van der Waals surface area contributed by atoms with Gasteiger partial charge in [-0.25, -0.2) is 0 Å². The summed E-state index contributed by atoms with van der Waals surface area (Å²) in [6.07, 6.45) is 14.7. The van der Waals surface area contributed by atoms with E-state index in [-0.39, 0.29) is 11.8 Å². The van der Waals surface area contributed by atoms with Gasteiger partial charge < -0.3 is 0 Å². The summed E-state index contributed by atoms with van der Waals surface area (Å²) in [6.45, 7) is 2.30. The summed E-state index contributed by atoms with van der Waals surface area (Å²) in [6, 6.07) is 46.9. The highest BCUT2D eigenvalue weighted by Crippen LogP contribution is 2.42. The maximum Gasteiger partial charge on any atom is 0.0714 e. The van der Waals surface area contributed by atoms with Crippen LogP contribution in [0.2, 0.25) is 0 Å². The van der Waals surface area contributed by atoms with Crippen LogP contribution in [-0.2, 0) is 0 Å². The van der Waals surface area contributed by atoms with E-state index in [1.54, 1.807) is 5.57 Å². The summed E-state index contributed by atoms with van der Waals surface area (Å²) in [4.78, 5) is 4.83. The minimum Gasteiger partial charge on any atom is -0.256 e. The van der Waals surface area contributed by atoms with E-state index in [2.05, 4.69) is 159 Å². The van der Waals surface area contributed by atoms with Crippen molar-refractivity contribution in [2.24, 2.45) is 11.8 Å². The molecular formula is C47H37N. The molecule has 0 saturated heterocycles. The van der Waals surface area contributed by atoms with Gasteiger partial charge in [0.25, 0.3) is 0 Å². The van der Waals surface area contributed by atoms with E-state index in [9.17, 15) is 0 Å². The van der Waals surface area contributed by atoms with Crippen LogP contribution < -0.4 is 20.9 Å². The number of hydrogen-bond acceptors (Lipinski definition) is 1. The van der Waals surface area contributed by atoms with Crippen molar-refractivity contribution in [3.8, 4) is 22.4 Å². The molecule has 3 aliphatic carbocycles. The van der Waals surface area contributed by atoms with Crippen molar-refractivity contribution in [1.29, 1.82) is 0 Å². The maximum atomic E-state index is 4.83. The van der Waals surface area contributed by atoms with Crippen molar-refractivity contribution in [1.82, 2.24) is 4.98 Å². The smallest absolute Gasteiger partial charge is 0.0714 e. The topological polar surface area (TPSA) is 12.9 Å². The average Bonchev–Trinajstić information content (AvgIpc) is 3.16. The summed E-state index contributed by atoms with van der Waals surface area (Å²) in [7, 11) is 0. The molecule has 0 fully saturated rings. The summed E-state index contributed by atoms with van der Waals surface area (Å²) >= 11 is 0. The van der Waals surface area contributed by atoms with Gasteiger partial charge in [-0.15, -0.1) is 0 Å². The first-order valence-electron chi connectivity index (χ1n) is 17.3. The third-order valence-electron chi connectivity index (χ3n) is 10.7. The Morgan fingerprint density at radius 3 is 2.04 bits per heavy atom. The van der Waals surface area contributed by atoms with Gasteiger partial charge in [-0.1, -0.05) is 146 Å². The zero-order valence-electron chi connectivity index (χ0n) is 27.2. The number of pyridine rings is 1. The molecule has 1 nitrogen and oxygen atoms in total. The molecule has 9 rings (SSSR count). The number of allylic oxidation sites excluding steroid dienone is 4. The number of benzene rings is 5. The molecule has 2 unspecified atom stereocenters. The molecule has 3 aliphatic rings. The number of rotatable bonds is 5. The van der Waals surface area contributed by atoms with Gasteiger partial charge in [0.05, 0.1) is 5.69 Å². The van der Waals surface area contributed by atoms with Crippen LogP contribution in [0.1, 0.15) is 31.7 Å². The fourth-order valence-corrected chi connectivity index (χ4v) is 8.50. The largest absolute Gasteiger partial charge is 0.256 e. The Balaban J connectivity index is 1.25. The summed E-state index contributed by atoms with van der Waals surface area (Å²) in [5.74, 6) is 0.545. The number of fused-ring (bicyclic) bond motifs is 4. The molecule has 0 saturated carbocycles. The molecule has 5 aromatic carbocycles. The Morgan fingerprint density at radius 1 is 0.562 bits per heavy atom. The van der Waals surface area contributed by atoms with E-state index in [0.29, 0.717) is 0 Å². The van der Waals surface area contributed by atoms with Gasteiger partial charge in [0.15, 0.2) is 0 Å². The SMILES string of the molecule is CCC1=c2ccccc2=C(C2=c3ccccc3=C(c3cccc(-c4ccnc(-c5cccc6ccccc56)c4)c3)C3C=CC=CC23)CC1. The Bertz CT molecular complexity index is 2560. The van der Waals surface area contributed by atoms with Gasteiger partial charge in [-0.3, -0.25) is 4.98 Å². The summed E-state index contributed by atoms with van der Waals surface area (Å²) in [5, 5.41) is 8.07. The average molecular weight is 616 g/mol. The Hall–Kier alpha value is -5.53. The summed E-state index contributed by atoms with van der Waals surface area (Å²) < 4.78 is 0. The van der Waals surface area contributed by atoms with Crippen molar-refractivity contribution in [2.45, 2.75) is 26.2 Å². The van der Waals surface area contributed by atoms with Gasteiger partial charge in [0, 0.05) is 23.6 Å². The second-order valence-electron chi connectivity index (χ2n) is 13.2. The molecule has 0 aliphatic heterocycles. The monoisotopic (exact) mass is 615 g/mol. The highest BCUT2D eigenvalue weighted by molar-refractivity contribution is 5.97. The Kier molecular flexibility index (Phi) is 7.12. The standard InChI is InChI=1S/C47H37N/c1-2-31-25-26-44(38-19-6-5-17-36(31)38)47-42-22-9-7-20-40(42)46(41-21-8-10-23-43(41)47)35-16-11-15-33(29-35)34-27-28-48-45(30-34)39-24-12-14-32-13-3-4-18-37(32)39/h3-24,27-30,40,42H,2,25-26H2,1H3. The van der Waals surface area contributed by atoms with Gasteiger partial charge in [-0.05, 0) is 103 Å². The Morgan fingerprint density at radius 2 is 1.21 bits per heavy atom. The van der Waals surface area contributed by atoms with Crippen LogP contribution in [0.15, 0.2) is 158 Å². The normalized spacial score (nSPS) is 18.1. The molecule has 0 bridgehead atoms. The highest BCUT2D eigenvalue weighted by atomic mass is 14.7. The van der Waals surface area contributed by atoms with Crippen LogP contribution in [-0.4, -0.2) is 4.98 Å². The summed E-state index contributed by atoms with van der Waals surface area (Å²) in [5.41, 5.74) is 11.9. The van der Waals surface area contributed by atoms with Gasteiger partial charge in [0.1, 0.15) is 0 Å². The first kappa shape index (κ1) is 28.7. The third-order valence-corrected chi connectivity index (χ3v) is 10.7. The predicted octanol–water partition coefficient (Wildman–Crippen LogP) is 8.50. The molecule has 0 amide bonds. The van der Waals surface area contributed by atoms with E-state index in [4.69, 9.17) is 4.98 Å². The van der Waals surface area contributed by atoms with E-state index in [1.165, 1.54) is 65.1 Å². The molecule has 1 heterocycles. The first-order valence-corrected chi connectivity index (χ1v) is 17.3. The lowest BCUT2D eigenvalue weighted by Gasteiger charge is -2.35. The Labute approximate surface area is 282 Å². The van der Waals surface area contributed by atoms with Gasteiger partial charge in [0.2, 0.25) is 0 Å². The molecule has 6 aromatic rings. The molecule has 1 aromatic heterocycles. The lowest BCUT2D eigenvalue weighted by atomic mass is 9.68. The number of hydrogen-bond donors (Lipinski definition) is 0. The minimum absolute atomic E-state index is 0.259. The lowest BCUT2D eigenvalue weighted by molar-refractivity contribution is 0.687. The van der Waals surface area contributed by atoms with Crippen molar-refractivity contribution in [3.63, 3.8) is 0 Å². The molecular weight excluding hydrogens is 579 g/mol. The number of aromatic nitrogens is 1. The van der Waals surface area contributed by atoms with Crippen LogP contribution in [0, 0.1) is 11.8 Å². The van der Waals surface area contributed by atoms with Crippen LogP contribution in [0.25, 0.3) is 55.4 Å². The van der Waals surface area contributed by atoms with Gasteiger partial charge >= 0.3 is 0 Å². The van der Waals surface area contributed by atoms with Gasteiger partial charge in [-0.2, -0.15) is 0 Å². The molecule has 0 spiro atoms. The van der Waals surface area contributed by atoms with Crippen LogP contribution in [0.3, 0.4) is 0 Å². The zero-order valence-corrected chi connectivity index (χ0v) is 27.2. The molecule has 0 N–H and O–H groups in total. The molecule has 230 valence electrons. The molecule has 0 radical (unpaired) electrons. The van der Waals surface area contributed by atoms with E-state index >= 15 is 0 Å². The lowest BCUT2D eigenvalue weighted by Crippen LogP contribution is -2.42. The van der Waals surface area contributed by atoms with Crippen LogP contribution in [0.4, 0.5) is 0 Å². The maximum absolute atomic E-state index is 4.83. The van der Waals surface area contributed by atoms with E-state index < -0.39 is 0 Å². The predicted molar refractivity (Wildman–Crippen MR) is 202 cm³/mol. The third kappa shape index (κ3) is 4.73. The van der Waals surface area contributed by atoms with E-state index in [1.807, 2.05) is 6.20 Å². The molecule has 2 atom stereocenters. The van der Waals surface area contributed by atoms with Crippen LogP contribution >= 0.6 is 0 Å². The fraction of sp³-hybridized carbons (Fsp3) is 0.128. The minimum atomic E-state index is 0.259. The van der Waals surface area contributed by atoms with Crippen molar-refractivity contribution >= 4 is 33.1 Å². The van der Waals surface area contributed by atoms with E-state index in [0.717, 1.165) is 30.5 Å². The highest BCUT2D eigenvalue weighted by Gasteiger charge is 2.33. The second kappa shape index (κ2) is 11.9. The zero-order chi connectivity index (χ0) is 32.0. The van der Waals surface area contributed by atoms with Crippen molar-refractivity contribution < 1.29 is 0 Å². The first-order chi connectivity index (χ1) is 23.8. The quantitative estimate of drug-likeness (QED) is 0.190. The van der Waals surface area contributed by atoms with Crippen molar-refractivity contribution in [3.05, 3.63) is 184 Å². The number of nitrogens with zero attached hydrogens (tertiary/aromatic N) is 1. The van der Waals surface area contributed by atoms with Crippen molar-refractivity contribution in [2.75, 3.05) is 0 Å². The van der Waals surface area contributed by atoms with Crippen LogP contribution in [0.5, 0.6) is 0 Å². The second-order valence-corrected chi connectivity index (χ2v) is 13.2. The fourth-order valence-electron chi connectivity index (χ4n) is 8.50. The molecule has 1 heteroatoms.